The average Bonchev–Trinajstić information content (AvgIpc) is 3.07. The summed E-state index contributed by atoms with van der Waals surface area (Å²) in [6.07, 6.45) is 5.74. The van der Waals surface area contributed by atoms with Gasteiger partial charge in [-0.15, -0.1) is 24.0 Å². The highest BCUT2D eigenvalue weighted by Crippen LogP contribution is 2.28. The van der Waals surface area contributed by atoms with Crippen LogP contribution in [0.3, 0.4) is 0 Å². The van der Waals surface area contributed by atoms with Crippen LogP contribution in [0.2, 0.25) is 10.0 Å². The van der Waals surface area contributed by atoms with Crippen molar-refractivity contribution < 1.29 is 4.79 Å². The number of rotatable bonds is 6. The van der Waals surface area contributed by atoms with Crippen molar-refractivity contribution in [3.05, 3.63) is 33.8 Å². The Labute approximate surface area is 186 Å². The highest BCUT2D eigenvalue weighted by Gasteiger charge is 2.24. The molecule has 0 radical (unpaired) electrons. The molecule has 0 heterocycles. The van der Waals surface area contributed by atoms with Gasteiger partial charge in [0.1, 0.15) is 0 Å². The molecule has 0 aliphatic heterocycles. The van der Waals surface area contributed by atoms with Crippen LogP contribution in [0.25, 0.3) is 0 Å². The minimum absolute atomic E-state index is 0. The third-order valence-electron chi connectivity index (χ3n) is 4.17. The fraction of sp³-hybridized carbons (Fsp3) is 0.529. The number of hydrogen-bond acceptors (Lipinski definition) is 3. The summed E-state index contributed by atoms with van der Waals surface area (Å²) in [5.41, 5.74) is 0.492. The van der Waals surface area contributed by atoms with E-state index in [9.17, 15) is 4.79 Å². The van der Waals surface area contributed by atoms with Crippen LogP contribution >= 0.6 is 58.9 Å². The normalized spacial score (nSPS) is 19.6. The predicted octanol–water partition coefficient (Wildman–Crippen LogP) is 3.79. The fourth-order valence-electron chi connectivity index (χ4n) is 2.77. The maximum Gasteiger partial charge on any atom is 0.251 e. The molecule has 2 rings (SSSR count). The van der Waals surface area contributed by atoms with E-state index in [2.05, 4.69) is 27.2 Å². The molecular formula is C17H25Cl2IN4OS. The molecular weight excluding hydrogens is 506 g/mol. The number of nitrogens with one attached hydrogen (secondary N) is 3. The molecule has 1 aromatic carbocycles. The summed E-state index contributed by atoms with van der Waals surface area (Å²) >= 11 is 13.7. The van der Waals surface area contributed by atoms with Crippen LogP contribution in [0.1, 0.15) is 29.6 Å². The first-order chi connectivity index (χ1) is 12.0. The van der Waals surface area contributed by atoms with E-state index in [1.165, 1.54) is 12.8 Å². The van der Waals surface area contributed by atoms with Crippen molar-refractivity contribution in [3.63, 3.8) is 0 Å². The van der Waals surface area contributed by atoms with Gasteiger partial charge in [-0.05, 0) is 43.7 Å². The third-order valence-corrected chi connectivity index (χ3v) is 6.00. The van der Waals surface area contributed by atoms with Gasteiger partial charge in [0.25, 0.3) is 5.91 Å². The summed E-state index contributed by atoms with van der Waals surface area (Å²) in [6.45, 7) is 1.07. The number of amides is 1. The van der Waals surface area contributed by atoms with E-state index in [0.717, 1.165) is 17.6 Å². The number of carbonyl (C=O) groups is 1. The molecule has 1 aliphatic carbocycles. The molecule has 1 aromatic rings. The zero-order chi connectivity index (χ0) is 18.2. The van der Waals surface area contributed by atoms with Gasteiger partial charge in [0, 0.05) is 37.0 Å². The van der Waals surface area contributed by atoms with E-state index < -0.39 is 0 Å². The lowest BCUT2D eigenvalue weighted by atomic mass is 10.2. The minimum Gasteiger partial charge on any atom is -0.355 e. The topological polar surface area (TPSA) is 65.5 Å². The summed E-state index contributed by atoms with van der Waals surface area (Å²) < 4.78 is 0. The van der Waals surface area contributed by atoms with Crippen LogP contribution in [0.4, 0.5) is 0 Å². The second-order valence-corrected chi connectivity index (χ2v) is 7.85. The summed E-state index contributed by atoms with van der Waals surface area (Å²) in [5.74, 6) is 0.595. The van der Waals surface area contributed by atoms with E-state index in [0.29, 0.717) is 34.7 Å². The molecule has 1 aliphatic rings. The van der Waals surface area contributed by atoms with Crippen molar-refractivity contribution in [2.75, 3.05) is 26.4 Å². The molecule has 0 bridgehead atoms. The lowest BCUT2D eigenvalue weighted by Crippen LogP contribution is -2.45. The second kappa shape index (κ2) is 12.2. The first kappa shape index (κ1) is 23.7. The zero-order valence-electron chi connectivity index (χ0n) is 14.9. The van der Waals surface area contributed by atoms with Crippen molar-refractivity contribution in [3.8, 4) is 0 Å². The van der Waals surface area contributed by atoms with Gasteiger partial charge in [-0.1, -0.05) is 23.2 Å². The number of benzene rings is 1. The number of hydrogen-bond donors (Lipinski definition) is 3. The van der Waals surface area contributed by atoms with Crippen molar-refractivity contribution in [2.45, 2.75) is 30.6 Å². The molecule has 1 fully saturated rings. The van der Waals surface area contributed by atoms with Crippen LogP contribution in [0.15, 0.2) is 23.2 Å². The number of carbonyl (C=O) groups excluding carboxylic acids is 1. The van der Waals surface area contributed by atoms with Crippen molar-refractivity contribution in [1.29, 1.82) is 0 Å². The van der Waals surface area contributed by atoms with Crippen LogP contribution < -0.4 is 16.0 Å². The molecule has 0 saturated heterocycles. The molecule has 1 amide bonds. The summed E-state index contributed by atoms with van der Waals surface area (Å²) in [7, 11) is 1.75. The van der Waals surface area contributed by atoms with Crippen LogP contribution in [-0.2, 0) is 0 Å². The van der Waals surface area contributed by atoms with E-state index >= 15 is 0 Å². The Morgan fingerprint density at radius 1 is 1.23 bits per heavy atom. The Morgan fingerprint density at radius 3 is 2.58 bits per heavy atom. The Morgan fingerprint density at radius 2 is 1.96 bits per heavy atom. The molecule has 1 saturated carbocycles. The molecule has 9 heteroatoms. The highest BCUT2D eigenvalue weighted by molar-refractivity contribution is 14.0. The van der Waals surface area contributed by atoms with Gasteiger partial charge < -0.3 is 16.0 Å². The quantitative estimate of drug-likeness (QED) is 0.226. The number of thioether (sulfide) groups is 1. The Balaban J connectivity index is 0.00000338. The SMILES string of the molecule is CN=C(NCCNC(=O)c1ccc(Cl)c(Cl)c1)NC1CCC(SC)C1.I. The lowest BCUT2D eigenvalue weighted by Gasteiger charge is -2.17. The fourth-order valence-corrected chi connectivity index (χ4v) is 3.86. The monoisotopic (exact) mass is 530 g/mol. The summed E-state index contributed by atoms with van der Waals surface area (Å²) in [4.78, 5) is 16.3. The van der Waals surface area contributed by atoms with Crippen molar-refractivity contribution >= 4 is 70.8 Å². The van der Waals surface area contributed by atoms with E-state index in [4.69, 9.17) is 23.2 Å². The van der Waals surface area contributed by atoms with Gasteiger partial charge in [-0.2, -0.15) is 11.8 Å². The molecule has 0 spiro atoms. The van der Waals surface area contributed by atoms with Gasteiger partial charge in [-0.25, -0.2) is 0 Å². The maximum absolute atomic E-state index is 12.1. The van der Waals surface area contributed by atoms with Crippen molar-refractivity contribution in [1.82, 2.24) is 16.0 Å². The molecule has 3 N–H and O–H groups in total. The Kier molecular flexibility index (Phi) is 11.1. The number of nitrogens with zero attached hydrogens (tertiary/aromatic N) is 1. The molecule has 5 nitrogen and oxygen atoms in total. The van der Waals surface area contributed by atoms with Gasteiger partial charge >= 0.3 is 0 Å². The Hall–Kier alpha value is -0.380. The van der Waals surface area contributed by atoms with Gasteiger partial charge in [0.05, 0.1) is 10.0 Å². The lowest BCUT2D eigenvalue weighted by molar-refractivity contribution is 0.0954. The smallest absolute Gasteiger partial charge is 0.251 e. The minimum atomic E-state index is -0.179. The Bertz CT molecular complexity index is 633. The number of aliphatic imine (C=N–C) groups is 1. The number of guanidine groups is 1. The number of halogens is 3. The van der Waals surface area contributed by atoms with Gasteiger partial charge in [-0.3, -0.25) is 9.79 Å². The predicted molar refractivity (Wildman–Crippen MR) is 124 cm³/mol. The summed E-state index contributed by atoms with van der Waals surface area (Å²) in [5, 5.41) is 11.1. The van der Waals surface area contributed by atoms with Crippen LogP contribution in [0, 0.1) is 0 Å². The largest absolute Gasteiger partial charge is 0.355 e. The molecule has 26 heavy (non-hydrogen) atoms. The first-order valence-corrected chi connectivity index (χ1v) is 10.3. The van der Waals surface area contributed by atoms with E-state index in [1.807, 2.05) is 11.8 Å². The maximum atomic E-state index is 12.1. The standard InChI is InChI=1S/C17H24Cl2N4OS.HI/c1-20-17(23-12-4-5-13(10-12)25-2)22-8-7-21-16(24)11-3-6-14(18)15(19)9-11;/h3,6,9,12-13H,4-5,7-8,10H2,1-2H3,(H,21,24)(H2,20,22,23);1H. The molecule has 0 aromatic heterocycles. The van der Waals surface area contributed by atoms with Crippen LogP contribution in [-0.4, -0.2) is 49.6 Å². The van der Waals surface area contributed by atoms with E-state index in [-0.39, 0.29) is 29.9 Å². The summed E-state index contributed by atoms with van der Waals surface area (Å²) in [6, 6.07) is 5.30. The third kappa shape index (κ3) is 7.32. The van der Waals surface area contributed by atoms with Gasteiger partial charge in [0.2, 0.25) is 0 Å². The molecule has 146 valence electrons. The highest BCUT2D eigenvalue weighted by atomic mass is 127. The van der Waals surface area contributed by atoms with Gasteiger partial charge in [0.15, 0.2) is 5.96 Å². The van der Waals surface area contributed by atoms with Crippen LogP contribution in [0.5, 0.6) is 0 Å². The van der Waals surface area contributed by atoms with E-state index in [1.54, 1.807) is 25.2 Å². The first-order valence-electron chi connectivity index (χ1n) is 8.26. The molecule has 2 unspecified atom stereocenters. The van der Waals surface area contributed by atoms with Crippen molar-refractivity contribution in [2.24, 2.45) is 4.99 Å². The molecule has 2 atom stereocenters. The average molecular weight is 531 g/mol. The second-order valence-electron chi connectivity index (χ2n) is 5.90. The zero-order valence-corrected chi connectivity index (χ0v) is 19.5.